The van der Waals surface area contributed by atoms with Gasteiger partial charge >= 0.3 is 0 Å². The third-order valence-corrected chi connectivity index (χ3v) is 17.3. The van der Waals surface area contributed by atoms with Crippen LogP contribution in [0.2, 0.25) is 10.0 Å². The van der Waals surface area contributed by atoms with Crippen LogP contribution in [0.1, 0.15) is 192 Å². The molecule has 59 heavy (non-hydrogen) atoms. The summed E-state index contributed by atoms with van der Waals surface area (Å²) in [7, 11) is 0. The summed E-state index contributed by atoms with van der Waals surface area (Å²) in [6.45, 7) is 9.19. The van der Waals surface area contributed by atoms with Crippen molar-refractivity contribution in [3.8, 4) is 21.1 Å². The molecule has 0 saturated heterocycles. The van der Waals surface area contributed by atoms with E-state index in [9.17, 15) is 0 Å². The summed E-state index contributed by atoms with van der Waals surface area (Å²) in [5.74, 6) is 1.29. The highest BCUT2D eigenvalue weighted by atomic mass is 79.9. The van der Waals surface area contributed by atoms with E-state index >= 15 is 0 Å². The quantitative estimate of drug-likeness (QED) is 0.0430. The van der Waals surface area contributed by atoms with Crippen molar-refractivity contribution in [3.05, 3.63) is 40.9 Å². The lowest BCUT2D eigenvalue weighted by atomic mass is 9.91. The molecular weight excluding hydrogens is 959 g/mol. The Kier molecular flexibility index (Phi) is 22.4. The molecule has 0 fully saturated rings. The molecule has 4 nitrogen and oxygen atoms in total. The van der Waals surface area contributed by atoms with Gasteiger partial charge in [-0.05, 0) is 68.7 Å². The average Bonchev–Trinajstić information content (AvgIpc) is 3.98. The fourth-order valence-corrected chi connectivity index (χ4v) is 13.4. The second kappa shape index (κ2) is 26.8. The predicted octanol–water partition coefficient (Wildman–Crippen LogP) is 19.7. The van der Waals surface area contributed by atoms with E-state index in [1.54, 1.807) is 22.7 Å². The summed E-state index contributed by atoms with van der Waals surface area (Å²) < 4.78 is 10.9. The topological polar surface area (TPSA) is 51.6 Å². The van der Waals surface area contributed by atoms with Crippen molar-refractivity contribution in [3.63, 3.8) is 0 Å². The van der Waals surface area contributed by atoms with Gasteiger partial charge in [0.2, 0.25) is 0 Å². The summed E-state index contributed by atoms with van der Waals surface area (Å²) in [6, 6.07) is 4.29. The van der Waals surface area contributed by atoms with Crippen molar-refractivity contribution in [2.24, 2.45) is 11.8 Å². The Balaban J connectivity index is 1.47. The monoisotopic (exact) mass is 1020 g/mol. The molecule has 1 aromatic carbocycles. The molecule has 0 radical (unpaired) electrons. The number of nitrogens with zero attached hydrogens (tertiary/aromatic N) is 4. The minimum Gasteiger partial charge on any atom is -0.242 e. The molecule has 4 aromatic heterocycles. The highest BCUT2D eigenvalue weighted by Crippen LogP contribution is 2.46. The van der Waals surface area contributed by atoms with Crippen molar-refractivity contribution in [1.82, 2.24) is 18.7 Å². The van der Waals surface area contributed by atoms with Crippen molar-refractivity contribution in [2.75, 3.05) is 0 Å². The van der Waals surface area contributed by atoms with E-state index in [0.717, 1.165) is 75.0 Å². The SMILES string of the molecule is CCCCCCCCC(CCCCCC)Cc1sc(-c2nc3c(Br)c4nsnc4c(Br)c3nc2-c2cc(Cl)c(CC(CCCCCC)CCCCCCCC)s2)cc1Cl. The number of unbranched alkanes of at least 4 members (excludes halogenated alkanes) is 16. The highest BCUT2D eigenvalue weighted by molar-refractivity contribution is 9.11. The van der Waals surface area contributed by atoms with Gasteiger partial charge in [-0.2, -0.15) is 8.75 Å². The van der Waals surface area contributed by atoms with Crippen LogP contribution in [0.25, 0.3) is 43.2 Å². The maximum atomic E-state index is 7.21. The number of hydrogen-bond acceptors (Lipinski definition) is 7. The van der Waals surface area contributed by atoms with Crippen LogP contribution in [0.5, 0.6) is 0 Å². The van der Waals surface area contributed by atoms with Gasteiger partial charge in [0.1, 0.15) is 33.5 Å². The zero-order valence-electron chi connectivity index (χ0n) is 36.2. The molecule has 5 aromatic rings. The Hall–Kier alpha value is -0.680. The summed E-state index contributed by atoms with van der Waals surface area (Å²) in [6.07, 6.45) is 33.5. The van der Waals surface area contributed by atoms with Crippen LogP contribution in [0.4, 0.5) is 0 Å². The van der Waals surface area contributed by atoms with Gasteiger partial charge in [-0.25, -0.2) is 9.97 Å². The first-order valence-corrected chi connectivity index (χ1v) is 27.9. The molecule has 11 heteroatoms. The largest absolute Gasteiger partial charge is 0.242 e. The van der Waals surface area contributed by atoms with Crippen LogP contribution in [0.3, 0.4) is 0 Å². The lowest BCUT2D eigenvalue weighted by molar-refractivity contribution is 0.404. The smallest absolute Gasteiger partial charge is 0.122 e. The number of hydrogen-bond donors (Lipinski definition) is 0. The van der Waals surface area contributed by atoms with Crippen LogP contribution in [-0.4, -0.2) is 18.7 Å². The Morgan fingerprint density at radius 3 is 1.15 bits per heavy atom. The third kappa shape index (κ3) is 14.7. The second-order valence-electron chi connectivity index (χ2n) is 16.9. The van der Waals surface area contributed by atoms with E-state index in [-0.39, 0.29) is 0 Å². The molecule has 0 amide bonds. The zero-order valence-corrected chi connectivity index (χ0v) is 43.4. The van der Waals surface area contributed by atoms with E-state index in [1.807, 2.05) is 0 Å². The lowest BCUT2D eigenvalue weighted by Gasteiger charge is -2.17. The molecule has 0 N–H and O–H groups in total. The standard InChI is InChI=1S/C48H68Br2Cl2N4S3/c1-5-9-13-17-19-23-27-33(25-21-15-11-7-3)29-37-35(51)31-39(57-37)43-44(54-46-42(50)48-47(55-59-56-48)41(49)45(46)53-43)40-32-36(52)38(58-40)30-34(26-22-16-12-8-4)28-24-20-18-14-10-6-2/h31-34H,5-30H2,1-4H3. The molecule has 0 aliphatic heterocycles. The summed E-state index contributed by atoms with van der Waals surface area (Å²) >= 11 is 27.0. The molecule has 0 aliphatic carbocycles. The molecule has 0 spiro atoms. The minimum atomic E-state index is 0.643. The molecule has 2 atom stereocenters. The average molecular weight is 1030 g/mol. The Bertz CT molecular complexity index is 1850. The molecular formula is C48H68Br2Cl2N4S3. The highest BCUT2D eigenvalue weighted by Gasteiger charge is 2.25. The van der Waals surface area contributed by atoms with Crippen LogP contribution < -0.4 is 0 Å². The molecule has 4 heterocycles. The van der Waals surface area contributed by atoms with Crippen molar-refractivity contribution in [1.29, 1.82) is 0 Å². The van der Waals surface area contributed by atoms with Gasteiger partial charge in [-0.3, -0.25) is 0 Å². The van der Waals surface area contributed by atoms with E-state index < -0.39 is 0 Å². The first kappa shape index (κ1) is 49.3. The Labute approximate surface area is 395 Å². The predicted molar refractivity (Wildman–Crippen MR) is 270 cm³/mol. The molecule has 0 bridgehead atoms. The number of benzene rings is 1. The van der Waals surface area contributed by atoms with Crippen molar-refractivity contribution in [2.45, 2.75) is 195 Å². The van der Waals surface area contributed by atoms with Crippen molar-refractivity contribution < 1.29 is 0 Å². The molecule has 0 aliphatic rings. The van der Waals surface area contributed by atoms with E-state index in [0.29, 0.717) is 11.8 Å². The van der Waals surface area contributed by atoms with Gasteiger partial charge in [0.05, 0.1) is 40.5 Å². The lowest BCUT2D eigenvalue weighted by Crippen LogP contribution is -2.05. The third-order valence-electron chi connectivity index (χ3n) is 12.0. The number of thiophene rings is 2. The summed E-state index contributed by atoms with van der Waals surface area (Å²) in [5.41, 5.74) is 4.84. The molecule has 5 rings (SSSR count). The van der Waals surface area contributed by atoms with Crippen LogP contribution in [-0.2, 0) is 12.8 Å². The number of halogens is 4. The van der Waals surface area contributed by atoms with Crippen LogP contribution in [0.15, 0.2) is 21.1 Å². The maximum absolute atomic E-state index is 7.21. The van der Waals surface area contributed by atoms with E-state index in [1.165, 1.54) is 176 Å². The summed E-state index contributed by atoms with van der Waals surface area (Å²) in [5, 5.41) is 1.70. The first-order chi connectivity index (χ1) is 28.8. The van der Waals surface area contributed by atoms with Gasteiger partial charge in [0, 0.05) is 9.75 Å². The van der Waals surface area contributed by atoms with E-state index in [4.69, 9.17) is 33.2 Å². The van der Waals surface area contributed by atoms with Gasteiger partial charge in [-0.15, -0.1) is 22.7 Å². The van der Waals surface area contributed by atoms with Gasteiger partial charge in [0.25, 0.3) is 0 Å². The zero-order chi connectivity index (χ0) is 42.0. The normalized spacial score (nSPS) is 13.0. The fourth-order valence-electron chi connectivity index (χ4n) is 8.48. The van der Waals surface area contributed by atoms with Crippen LogP contribution in [0, 0.1) is 11.8 Å². The number of rotatable bonds is 30. The number of fused-ring (bicyclic) bond motifs is 2. The van der Waals surface area contributed by atoms with Crippen LogP contribution >= 0.6 is 89.5 Å². The molecule has 0 saturated carbocycles. The maximum Gasteiger partial charge on any atom is 0.122 e. The summed E-state index contributed by atoms with van der Waals surface area (Å²) in [4.78, 5) is 15.5. The Morgan fingerprint density at radius 1 is 0.475 bits per heavy atom. The van der Waals surface area contributed by atoms with Gasteiger partial charge in [-0.1, -0.05) is 205 Å². The molecule has 2 unspecified atom stereocenters. The van der Waals surface area contributed by atoms with E-state index in [2.05, 4.69) is 80.4 Å². The minimum absolute atomic E-state index is 0.643. The molecule has 326 valence electrons. The second-order valence-corrected chi connectivity index (χ2v) is 22.1. The van der Waals surface area contributed by atoms with Crippen molar-refractivity contribution >= 4 is 112 Å². The number of aromatic nitrogens is 4. The fraction of sp³-hybridized carbons (Fsp3) is 0.667. The van der Waals surface area contributed by atoms with Gasteiger partial charge in [0.15, 0.2) is 0 Å². The van der Waals surface area contributed by atoms with Gasteiger partial charge < -0.3 is 0 Å². The Morgan fingerprint density at radius 2 is 0.797 bits per heavy atom. The first-order valence-electron chi connectivity index (χ1n) is 23.2.